The van der Waals surface area contributed by atoms with Crippen LogP contribution in [-0.2, 0) is 13.0 Å². The van der Waals surface area contributed by atoms with Crippen molar-refractivity contribution in [3.8, 4) is 11.5 Å². The molecule has 0 aliphatic carbocycles. The Bertz CT molecular complexity index is 1140. The van der Waals surface area contributed by atoms with Crippen molar-refractivity contribution in [3.63, 3.8) is 0 Å². The summed E-state index contributed by atoms with van der Waals surface area (Å²) in [6.07, 6.45) is 4.20. The van der Waals surface area contributed by atoms with Gasteiger partial charge in [0.2, 0.25) is 0 Å². The van der Waals surface area contributed by atoms with E-state index in [1.165, 1.54) is 34.4 Å². The predicted molar refractivity (Wildman–Crippen MR) is 122 cm³/mol. The number of aryl methyl sites for hydroxylation is 1. The fourth-order valence-corrected chi connectivity index (χ4v) is 3.94. The number of non-ortho nitro benzene ring substituents is 1. The Hall–Kier alpha value is -3.16. The van der Waals surface area contributed by atoms with Gasteiger partial charge in [0.15, 0.2) is 5.78 Å². The van der Waals surface area contributed by atoms with Crippen LogP contribution in [0.15, 0.2) is 54.6 Å². The largest absolute Gasteiger partial charge is 0.496 e. The summed E-state index contributed by atoms with van der Waals surface area (Å²) in [6, 6.07) is 13.3. The molecule has 0 saturated carbocycles. The molecule has 31 heavy (non-hydrogen) atoms. The third-order valence-corrected chi connectivity index (χ3v) is 6.03. The van der Waals surface area contributed by atoms with Crippen molar-refractivity contribution in [2.24, 2.45) is 0 Å². The van der Waals surface area contributed by atoms with Gasteiger partial charge >= 0.3 is 0 Å². The molecule has 8 heteroatoms. The first-order valence-corrected chi connectivity index (χ1v) is 10.7. The van der Waals surface area contributed by atoms with Crippen molar-refractivity contribution in [1.29, 1.82) is 0 Å². The number of nitro groups is 1. The lowest BCUT2D eigenvalue weighted by molar-refractivity contribution is -0.384. The van der Waals surface area contributed by atoms with Crippen LogP contribution in [-0.4, -0.2) is 17.8 Å². The molecule has 0 saturated heterocycles. The Morgan fingerprint density at radius 3 is 2.58 bits per heavy atom. The summed E-state index contributed by atoms with van der Waals surface area (Å²) >= 11 is 7.59. The van der Waals surface area contributed by atoms with Gasteiger partial charge in [0, 0.05) is 22.6 Å². The van der Waals surface area contributed by atoms with E-state index in [0.29, 0.717) is 16.4 Å². The van der Waals surface area contributed by atoms with Crippen LogP contribution in [0.1, 0.15) is 32.6 Å². The number of rotatable bonds is 9. The fraction of sp³-hybridized carbons (Fsp3) is 0.174. The predicted octanol–water partition coefficient (Wildman–Crippen LogP) is 6.36. The number of benzene rings is 2. The molecule has 0 unspecified atom stereocenters. The summed E-state index contributed by atoms with van der Waals surface area (Å²) in [5.41, 5.74) is 1.45. The van der Waals surface area contributed by atoms with E-state index in [2.05, 4.69) is 6.92 Å². The number of halogens is 1. The number of hydrogen-bond donors (Lipinski definition) is 0. The van der Waals surface area contributed by atoms with Crippen LogP contribution in [0.4, 0.5) is 5.69 Å². The number of methoxy groups -OCH3 is 1. The van der Waals surface area contributed by atoms with Crippen LogP contribution in [0.2, 0.25) is 5.02 Å². The average Bonchev–Trinajstić information content (AvgIpc) is 3.26. The maximum Gasteiger partial charge on any atom is 0.271 e. The molecular weight excluding hydrogens is 438 g/mol. The van der Waals surface area contributed by atoms with Gasteiger partial charge in [-0.15, -0.1) is 11.3 Å². The third kappa shape index (κ3) is 5.71. The van der Waals surface area contributed by atoms with Crippen LogP contribution in [0.5, 0.6) is 11.5 Å². The second-order valence-corrected chi connectivity index (χ2v) is 8.12. The van der Waals surface area contributed by atoms with Crippen LogP contribution >= 0.6 is 22.9 Å². The van der Waals surface area contributed by atoms with Crippen molar-refractivity contribution in [2.45, 2.75) is 20.0 Å². The van der Waals surface area contributed by atoms with Gasteiger partial charge in [0.05, 0.1) is 21.9 Å². The van der Waals surface area contributed by atoms with Gasteiger partial charge in [-0.05, 0) is 48.4 Å². The molecule has 0 amide bonds. The molecule has 2 aromatic carbocycles. The standard InChI is InChI=1S/C23H20ClNO5S/c1-3-18-7-11-23(31-18)20(26)8-4-15-5-9-21(29-2)16(12-15)14-30-22-10-6-17(25(27)28)13-19(22)24/h4-13H,3,14H2,1-2H3/b8-4+. The quantitative estimate of drug-likeness (QED) is 0.162. The lowest BCUT2D eigenvalue weighted by Gasteiger charge is -2.12. The molecular formula is C23H20ClNO5S. The SMILES string of the molecule is CCc1ccc(C(=O)/C=C/c2ccc(OC)c(COc3ccc([N+](=O)[O-])cc3Cl)c2)s1. The third-order valence-electron chi connectivity index (χ3n) is 4.49. The minimum Gasteiger partial charge on any atom is -0.496 e. The molecule has 1 aromatic heterocycles. The highest BCUT2D eigenvalue weighted by molar-refractivity contribution is 7.14. The Balaban J connectivity index is 1.74. The molecule has 0 radical (unpaired) electrons. The monoisotopic (exact) mass is 457 g/mol. The summed E-state index contributed by atoms with van der Waals surface area (Å²) in [6.45, 7) is 2.20. The molecule has 3 aromatic rings. The Morgan fingerprint density at radius 1 is 1.16 bits per heavy atom. The molecule has 0 spiro atoms. The zero-order valence-corrected chi connectivity index (χ0v) is 18.5. The van der Waals surface area contributed by atoms with E-state index in [0.717, 1.165) is 17.5 Å². The normalized spacial score (nSPS) is 10.9. The van der Waals surface area contributed by atoms with Crippen molar-refractivity contribution in [1.82, 2.24) is 0 Å². The Morgan fingerprint density at radius 2 is 1.94 bits per heavy atom. The van der Waals surface area contributed by atoms with Gasteiger partial charge < -0.3 is 9.47 Å². The van der Waals surface area contributed by atoms with Gasteiger partial charge in [-0.3, -0.25) is 14.9 Å². The summed E-state index contributed by atoms with van der Waals surface area (Å²) < 4.78 is 11.1. The van der Waals surface area contributed by atoms with E-state index in [1.807, 2.05) is 24.3 Å². The zero-order valence-electron chi connectivity index (χ0n) is 17.0. The van der Waals surface area contributed by atoms with Crippen molar-refractivity contribution in [3.05, 3.63) is 90.6 Å². The highest BCUT2D eigenvalue weighted by Crippen LogP contribution is 2.30. The molecule has 0 aliphatic heterocycles. The van der Waals surface area contributed by atoms with Crippen LogP contribution in [0.25, 0.3) is 6.08 Å². The van der Waals surface area contributed by atoms with E-state index < -0.39 is 4.92 Å². The number of nitrogens with zero attached hydrogens (tertiary/aromatic N) is 1. The number of carbonyl (C=O) groups is 1. The highest BCUT2D eigenvalue weighted by Gasteiger charge is 2.12. The number of hydrogen-bond acceptors (Lipinski definition) is 6. The summed E-state index contributed by atoms with van der Waals surface area (Å²) in [5.74, 6) is 0.901. The number of thiophene rings is 1. The van der Waals surface area contributed by atoms with Gasteiger partial charge in [-0.25, -0.2) is 0 Å². The number of ether oxygens (including phenoxy) is 2. The molecule has 0 bridgehead atoms. The first kappa shape index (κ1) is 22.5. The van der Waals surface area contributed by atoms with Crippen LogP contribution in [0, 0.1) is 10.1 Å². The summed E-state index contributed by atoms with van der Waals surface area (Å²) in [4.78, 5) is 24.6. The van der Waals surface area contributed by atoms with E-state index in [4.69, 9.17) is 21.1 Å². The second-order valence-electron chi connectivity index (χ2n) is 6.55. The minimum absolute atomic E-state index is 0.0454. The first-order valence-electron chi connectivity index (χ1n) is 9.46. The Kier molecular flexibility index (Phi) is 7.44. The molecule has 3 rings (SSSR count). The van der Waals surface area contributed by atoms with Gasteiger partial charge in [-0.2, -0.15) is 0 Å². The van der Waals surface area contributed by atoms with E-state index in [-0.39, 0.29) is 23.1 Å². The fourth-order valence-electron chi connectivity index (χ4n) is 2.85. The van der Waals surface area contributed by atoms with Gasteiger partial charge in [0.25, 0.3) is 5.69 Å². The number of allylic oxidation sites excluding steroid dienone is 1. The average molecular weight is 458 g/mol. The second kappa shape index (κ2) is 10.2. The molecule has 0 fully saturated rings. The lowest BCUT2D eigenvalue weighted by atomic mass is 10.1. The van der Waals surface area contributed by atoms with Crippen LogP contribution in [0.3, 0.4) is 0 Å². The molecule has 0 aliphatic rings. The molecule has 6 nitrogen and oxygen atoms in total. The molecule has 0 N–H and O–H groups in total. The van der Waals surface area contributed by atoms with Crippen molar-refractivity contribution in [2.75, 3.05) is 7.11 Å². The number of carbonyl (C=O) groups excluding carboxylic acids is 1. The molecule has 1 heterocycles. The van der Waals surface area contributed by atoms with Crippen LogP contribution < -0.4 is 9.47 Å². The maximum absolute atomic E-state index is 12.4. The van der Waals surface area contributed by atoms with E-state index >= 15 is 0 Å². The number of nitro benzene ring substituents is 1. The van der Waals surface area contributed by atoms with Gasteiger partial charge in [-0.1, -0.05) is 30.7 Å². The van der Waals surface area contributed by atoms with Crippen molar-refractivity contribution >= 4 is 40.5 Å². The van der Waals surface area contributed by atoms with Crippen molar-refractivity contribution < 1.29 is 19.2 Å². The minimum atomic E-state index is -0.519. The zero-order chi connectivity index (χ0) is 22.4. The smallest absolute Gasteiger partial charge is 0.271 e. The number of ketones is 1. The van der Waals surface area contributed by atoms with Gasteiger partial charge in [0.1, 0.15) is 18.1 Å². The van der Waals surface area contributed by atoms with E-state index in [9.17, 15) is 14.9 Å². The first-order chi connectivity index (χ1) is 14.9. The Labute approximate surface area is 188 Å². The summed E-state index contributed by atoms with van der Waals surface area (Å²) in [7, 11) is 1.55. The lowest BCUT2D eigenvalue weighted by Crippen LogP contribution is -2.00. The van der Waals surface area contributed by atoms with E-state index in [1.54, 1.807) is 25.3 Å². The molecule has 0 atom stereocenters. The maximum atomic E-state index is 12.4. The topological polar surface area (TPSA) is 78.7 Å². The summed E-state index contributed by atoms with van der Waals surface area (Å²) in [5, 5.41) is 11.0. The molecule has 160 valence electrons. The highest BCUT2D eigenvalue weighted by atomic mass is 35.5.